The zero-order chi connectivity index (χ0) is 23.5. The van der Waals surface area contributed by atoms with Gasteiger partial charge in [-0.05, 0) is 55.7 Å². The third kappa shape index (κ3) is 5.34. The molecule has 2 aromatic carbocycles. The fraction of sp³-hybridized carbons (Fsp3) is 0.538. The van der Waals surface area contributed by atoms with Crippen molar-refractivity contribution in [1.29, 1.82) is 0 Å². The van der Waals surface area contributed by atoms with Crippen LogP contribution in [0.5, 0.6) is 11.5 Å². The largest absolute Gasteiger partial charge is 0.497 e. The number of rotatable bonds is 10. The number of hydrogen-bond acceptors (Lipinski definition) is 7. The van der Waals surface area contributed by atoms with Gasteiger partial charge in [0.2, 0.25) is 0 Å². The minimum absolute atomic E-state index is 0.331. The maximum absolute atomic E-state index is 6.44. The summed E-state index contributed by atoms with van der Waals surface area (Å²) in [6.07, 6.45) is -0.469. The van der Waals surface area contributed by atoms with Gasteiger partial charge in [-0.1, -0.05) is 31.2 Å². The molecule has 2 fully saturated rings. The van der Waals surface area contributed by atoms with Crippen LogP contribution >= 0.6 is 0 Å². The average Bonchev–Trinajstić information content (AvgIpc) is 3.27. The minimum atomic E-state index is -0.721. The number of ether oxygens (including phenoxy) is 7. The predicted octanol–water partition coefficient (Wildman–Crippen LogP) is 4.46. The van der Waals surface area contributed by atoms with Crippen LogP contribution in [-0.4, -0.2) is 50.7 Å². The highest BCUT2D eigenvalue weighted by molar-refractivity contribution is 5.27. The van der Waals surface area contributed by atoms with E-state index in [1.54, 1.807) is 14.2 Å². The Morgan fingerprint density at radius 3 is 1.91 bits per heavy atom. The van der Waals surface area contributed by atoms with Gasteiger partial charge in [-0.2, -0.15) is 0 Å². The first kappa shape index (κ1) is 24.0. The monoisotopic (exact) mass is 458 g/mol. The SMILES string of the molecule is CC[C@]1(COCc2ccc(OC)cc2)O[C@@H]2OC(C)(C)OC2[C@H]1OCc1ccc(OC)cc1. The van der Waals surface area contributed by atoms with Crippen LogP contribution < -0.4 is 9.47 Å². The number of fused-ring (bicyclic) bond motifs is 1. The summed E-state index contributed by atoms with van der Waals surface area (Å²) in [6, 6.07) is 15.7. The normalized spacial score (nSPS) is 28.0. The summed E-state index contributed by atoms with van der Waals surface area (Å²) in [7, 11) is 3.31. The van der Waals surface area contributed by atoms with E-state index >= 15 is 0 Å². The second-order valence-corrected chi connectivity index (χ2v) is 8.93. The molecule has 0 aliphatic carbocycles. The summed E-state index contributed by atoms with van der Waals surface area (Å²) >= 11 is 0. The van der Waals surface area contributed by atoms with Crippen molar-refractivity contribution in [2.45, 2.75) is 70.3 Å². The Labute approximate surface area is 195 Å². The highest BCUT2D eigenvalue weighted by Gasteiger charge is 2.62. The van der Waals surface area contributed by atoms with E-state index in [0.29, 0.717) is 26.2 Å². The summed E-state index contributed by atoms with van der Waals surface area (Å²) < 4.78 is 41.7. The topological polar surface area (TPSA) is 64.6 Å². The van der Waals surface area contributed by atoms with Crippen molar-refractivity contribution < 1.29 is 33.2 Å². The lowest BCUT2D eigenvalue weighted by molar-refractivity contribution is -0.255. The second-order valence-electron chi connectivity index (χ2n) is 8.93. The van der Waals surface area contributed by atoms with E-state index in [1.807, 2.05) is 62.4 Å². The zero-order valence-corrected chi connectivity index (χ0v) is 20.0. The van der Waals surface area contributed by atoms with E-state index in [0.717, 1.165) is 22.6 Å². The lowest BCUT2D eigenvalue weighted by atomic mass is 9.93. The van der Waals surface area contributed by atoms with Crippen LogP contribution in [0.4, 0.5) is 0 Å². The van der Waals surface area contributed by atoms with E-state index in [4.69, 9.17) is 33.2 Å². The smallest absolute Gasteiger partial charge is 0.190 e. The predicted molar refractivity (Wildman–Crippen MR) is 122 cm³/mol. The molecule has 7 nitrogen and oxygen atoms in total. The van der Waals surface area contributed by atoms with Crippen molar-refractivity contribution in [3.05, 3.63) is 59.7 Å². The summed E-state index contributed by atoms with van der Waals surface area (Å²) in [4.78, 5) is 0. The Bertz CT molecular complexity index is 896. The van der Waals surface area contributed by atoms with Gasteiger partial charge in [0.1, 0.15) is 29.3 Å². The van der Waals surface area contributed by atoms with Gasteiger partial charge in [-0.15, -0.1) is 0 Å². The van der Waals surface area contributed by atoms with Gasteiger partial charge in [0.25, 0.3) is 0 Å². The first-order valence-electron chi connectivity index (χ1n) is 11.4. The first-order chi connectivity index (χ1) is 15.9. The van der Waals surface area contributed by atoms with Crippen LogP contribution in [0.2, 0.25) is 0 Å². The molecule has 2 aliphatic heterocycles. The molecule has 0 bridgehead atoms. The van der Waals surface area contributed by atoms with Crippen LogP contribution in [0.25, 0.3) is 0 Å². The van der Waals surface area contributed by atoms with Crippen molar-refractivity contribution in [1.82, 2.24) is 0 Å². The molecule has 0 radical (unpaired) electrons. The summed E-state index contributed by atoms with van der Waals surface area (Å²) in [5.41, 5.74) is 1.43. The van der Waals surface area contributed by atoms with Crippen molar-refractivity contribution in [2.75, 3.05) is 20.8 Å². The third-order valence-electron chi connectivity index (χ3n) is 6.22. The molecule has 180 valence electrons. The molecule has 0 saturated carbocycles. The summed E-state index contributed by atoms with van der Waals surface area (Å²) in [5, 5.41) is 0. The van der Waals surface area contributed by atoms with Gasteiger partial charge in [0.05, 0.1) is 34.0 Å². The van der Waals surface area contributed by atoms with E-state index in [1.165, 1.54) is 0 Å². The van der Waals surface area contributed by atoms with Gasteiger partial charge >= 0.3 is 0 Å². The Morgan fingerprint density at radius 1 is 0.788 bits per heavy atom. The molecule has 4 atom stereocenters. The van der Waals surface area contributed by atoms with Crippen LogP contribution in [0.15, 0.2) is 48.5 Å². The first-order valence-corrected chi connectivity index (χ1v) is 11.4. The molecule has 2 aromatic rings. The second kappa shape index (κ2) is 9.99. The molecule has 0 amide bonds. The standard InChI is InChI=1S/C26H34O7/c1-6-26(17-29-15-18-7-11-20(27-4)12-8-18)23(22-24(33-26)32-25(2,3)31-22)30-16-19-9-13-21(28-5)14-10-19/h7-14,22-24H,6,15-17H2,1-5H3/t22?,23-,24+,26-/m1/s1. The van der Waals surface area contributed by atoms with Gasteiger partial charge in [0, 0.05) is 0 Å². The van der Waals surface area contributed by atoms with E-state index in [9.17, 15) is 0 Å². The fourth-order valence-corrected chi connectivity index (χ4v) is 4.37. The summed E-state index contributed by atoms with van der Waals surface area (Å²) in [6.45, 7) is 7.11. The molecular weight excluding hydrogens is 424 g/mol. The Kier molecular flexibility index (Phi) is 7.26. The van der Waals surface area contributed by atoms with Crippen LogP contribution in [-0.2, 0) is 36.9 Å². The quantitative estimate of drug-likeness (QED) is 0.521. The van der Waals surface area contributed by atoms with E-state index in [2.05, 4.69) is 6.92 Å². The van der Waals surface area contributed by atoms with Crippen molar-refractivity contribution in [3.63, 3.8) is 0 Å². The zero-order valence-electron chi connectivity index (χ0n) is 20.0. The highest BCUT2D eigenvalue weighted by atomic mass is 16.8. The molecule has 0 N–H and O–H groups in total. The molecule has 4 rings (SSSR count). The molecule has 7 heteroatoms. The highest BCUT2D eigenvalue weighted by Crippen LogP contribution is 2.45. The molecule has 0 spiro atoms. The van der Waals surface area contributed by atoms with Gasteiger partial charge in [-0.25, -0.2) is 0 Å². The number of benzene rings is 2. The Morgan fingerprint density at radius 2 is 1.36 bits per heavy atom. The lowest BCUT2D eigenvalue weighted by Gasteiger charge is -2.36. The van der Waals surface area contributed by atoms with Crippen molar-refractivity contribution in [2.24, 2.45) is 0 Å². The van der Waals surface area contributed by atoms with Gasteiger partial charge < -0.3 is 33.2 Å². The van der Waals surface area contributed by atoms with Crippen molar-refractivity contribution in [3.8, 4) is 11.5 Å². The molecule has 2 heterocycles. The number of hydrogen-bond donors (Lipinski definition) is 0. The van der Waals surface area contributed by atoms with Gasteiger partial charge in [-0.3, -0.25) is 0 Å². The lowest BCUT2D eigenvalue weighted by Crippen LogP contribution is -2.49. The van der Waals surface area contributed by atoms with Crippen LogP contribution in [0, 0.1) is 0 Å². The van der Waals surface area contributed by atoms with E-state index < -0.39 is 17.7 Å². The van der Waals surface area contributed by atoms with Crippen LogP contribution in [0.1, 0.15) is 38.3 Å². The molecular formula is C26H34O7. The molecule has 33 heavy (non-hydrogen) atoms. The third-order valence-corrected chi connectivity index (χ3v) is 6.22. The van der Waals surface area contributed by atoms with Crippen LogP contribution in [0.3, 0.4) is 0 Å². The Hall–Kier alpha value is -2.16. The number of methoxy groups -OCH3 is 2. The minimum Gasteiger partial charge on any atom is -0.497 e. The average molecular weight is 459 g/mol. The summed E-state index contributed by atoms with van der Waals surface area (Å²) in [5.74, 6) is 0.910. The van der Waals surface area contributed by atoms with Crippen molar-refractivity contribution >= 4 is 0 Å². The molecule has 2 saturated heterocycles. The van der Waals surface area contributed by atoms with Gasteiger partial charge in [0.15, 0.2) is 12.1 Å². The van der Waals surface area contributed by atoms with E-state index in [-0.39, 0.29) is 12.2 Å². The molecule has 1 unspecified atom stereocenters. The Balaban J connectivity index is 1.45. The molecule has 0 aromatic heterocycles. The maximum Gasteiger partial charge on any atom is 0.190 e. The fourth-order valence-electron chi connectivity index (χ4n) is 4.37. The molecule has 2 aliphatic rings. The maximum atomic E-state index is 6.44.